The molecule has 0 atom stereocenters. The zero-order chi connectivity index (χ0) is 20.5. The number of fused-ring (bicyclic) bond motifs is 2. The van der Waals surface area contributed by atoms with E-state index in [-0.39, 0.29) is 12.2 Å². The SMILES string of the molecule is CCOc1cc2c(cc1OCC)CN(CN1C(=O)C(=O)c3cc(F)ccc31)CC2. The normalized spacial score (nSPS) is 16.0. The van der Waals surface area contributed by atoms with Gasteiger partial charge >= 0.3 is 5.91 Å². The van der Waals surface area contributed by atoms with Crippen LogP contribution in [0.4, 0.5) is 10.1 Å². The number of anilines is 1. The Labute approximate surface area is 168 Å². The van der Waals surface area contributed by atoms with Crippen molar-refractivity contribution in [3.05, 3.63) is 52.8 Å². The molecule has 0 bridgehead atoms. The molecule has 0 aromatic heterocycles. The van der Waals surface area contributed by atoms with Gasteiger partial charge in [0.15, 0.2) is 11.5 Å². The molecule has 2 aromatic carbocycles. The van der Waals surface area contributed by atoms with Gasteiger partial charge in [0.2, 0.25) is 0 Å². The van der Waals surface area contributed by atoms with E-state index in [1.165, 1.54) is 22.6 Å². The van der Waals surface area contributed by atoms with Crippen molar-refractivity contribution in [3.8, 4) is 11.5 Å². The summed E-state index contributed by atoms with van der Waals surface area (Å²) in [6.45, 7) is 6.61. The molecule has 1 amide bonds. The number of halogens is 1. The van der Waals surface area contributed by atoms with Gasteiger partial charge in [-0.3, -0.25) is 19.4 Å². The van der Waals surface area contributed by atoms with Gasteiger partial charge in [0, 0.05) is 13.1 Å². The molecule has 152 valence electrons. The van der Waals surface area contributed by atoms with Crippen LogP contribution in [0.3, 0.4) is 0 Å². The van der Waals surface area contributed by atoms with Gasteiger partial charge in [0.05, 0.1) is 31.1 Å². The van der Waals surface area contributed by atoms with E-state index in [1.807, 2.05) is 26.0 Å². The molecule has 4 rings (SSSR count). The maximum atomic E-state index is 13.5. The summed E-state index contributed by atoms with van der Waals surface area (Å²) in [7, 11) is 0. The smallest absolute Gasteiger partial charge is 0.300 e. The Bertz CT molecular complexity index is 976. The van der Waals surface area contributed by atoms with Crippen LogP contribution < -0.4 is 14.4 Å². The van der Waals surface area contributed by atoms with Crippen LogP contribution in [0.25, 0.3) is 0 Å². The van der Waals surface area contributed by atoms with Crippen LogP contribution in [0.2, 0.25) is 0 Å². The third-order valence-electron chi connectivity index (χ3n) is 5.23. The summed E-state index contributed by atoms with van der Waals surface area (Å²) in [5.41, 5.74) is 2.90. The van der Waals surface area contributed by atoms with Crippen LogP contribution in [0.15, 0.2) is 30.3 Å². The highest BCUT2D eigenvalue weighted by Crippen LogP contribution is 2.35. The Morgan fingerprint density at radius 1 is 1.00 bits per heavy atom. The van der Waals surface area contributed by atoms with Gasteiger partial charge in [-0.1, -0.05) is 0 Å². The van der Waals surface area contributed by atoms with E-state index >= 15 is 0 Å². The quantitative estimate of drug-likeness (QED) is 0.700. The Hall–Kier alpha value is -2.93. The zero-order valence-electron chi connectivity index (χ0n) is 16.5. The molecule has 0 N–H and O–H groups in total. The molecule has 0 saturated carbocycles. The van der Waals surface area contributed by atoms with E-state index < -0.39 is 17.5 Å². The summed E-state index contributed by atoms with van der Waals surface area (Å²) in [4.78, 5) is 28.2. The number of nitrogens with zero attached hydrogens (tertiary/aromatic N) is 2. The van der Waals surface area contributed by atoms with Crippen molar-refractivity contribution in [2.45, 2.75) is 26.8 Å². The van der Waals surface area contributed by atoms with Crippen molar-refractivity contribution in [1.82, 2.24) is 4.90 Å². The minimum absolute atomic E-state index is 0.132. The third-order valence-corrected chi connectivity index (χ3v) is 5.23. The third kappa shape index (κ3) is 3.58. The summed E-state index contributed by atoms with van der Waals surface area (Å²) < 4.78 is 24.9. The summed E-state index contributed by atoms with van der Waals surface area (Å²) in [6.07, 6.45) is 0.800. The molecule has 2 aromatic rings. The van der Waals surface area contributed by atoms with E-state index in [2.05, 4.69) is 4.90 Å². The minimum atomic E-state index is -0.656. The number of carbonyl (C=O) groups is 2. The Morgan fingerprint density at radius 2 is 1.69 bits per heavy atom. The molecule has 2 aliphatic heterocycles. The lowest BCUT2D eigenvalue weighted by atomic mass is 9.99. The number of hydrogen-bond acceptors (Lipinski definition) is 5. The second-order valence-corrected chi connectivity index (χ2v) is 7.10. The van der Waals surface area contributed by atoms with Crippen molar-refractivity contribution in [2.75, 3.05) is 31.3 Å². The number of ether oxygens (including phenoxy) is 2. The monoisotopic (exact) mass is 398 g/mol. The van der Waals surface area contributed by atoms with Crippen LogP contribution in [-0.2, 0) is 17.8 Å². The van der Waals surface area contributed by atoms with Crippen LogP contribution in [0.5, 0.6) is 11.5 Å². The van der Waals surface area contributed by atoms with Crippen molar-refractivity contribution in [2.24, 2.45) is 0 Å². The first-order valence-electron chi connectivity index (χ1n) is 9.81. The Kier molecular flexibility index (Phi) is 5.24. The maximum absolute atomic E-state index is 13.5. The molecule has 0 aliphatic carbocycles. The summed E-state index contributed by atoms with van der Waals surface area (Å²) >= 11 is 0. The number of carbonyl (C=O) groups excluding carboxylic acids is 2. The van der Waals surface area contributed by atoms with Gasteiger partial charge in [-0.25, -0.2) is 4.39 Å². The van der Waals surface area contributed by atoms with Crippen LogP contribution in [0, 0.1) is 5.82 Å². The van der Waals surface area contributed by atoms with Crippen molar-refractivity contribution >= 4 is 17.4 Å². The fraction of sp³-hybridized carbons (Fsp3) is 0.364. The van der Waals surface area contributed by atoms with Crippen LogP contribution in [0.1, 0.15) is 35.3 Å². The zero-order valence-corrected chi connectivity index (χ0v) is 16.5. The fourth-order valence-electron chi connectivity index (χ4n) is 3.89. The van der Waals surface area contributed by atoms with Crippen LogP contribution in [-0.4, -0.2) is 43.0 Å². The average molecular weight is 398 g/mol. The molecule has 2 aliphatic rings. The van der Waals surface area contributed by atoms with E-state index in [0.717, 1.165) is 30.3 Å². The molecule has 29 heavy (non-hydrogen) atoms. The van der Waals surface area contributed by atoms with E-state index in [4.69, 9.17) is 9.47 Å². The van der Waals surface area contributed by atoms with E-state index in [9.17, 15) is 14.0 Å². The number of hydrogen-bond donors (Lipinski definition) is 0. The van der Waals surface area contributed by atoms with Gasteiger partial charge in [0.1, 0.15) is 5.82 Å². The minimum Gasteiger partial charge on any atom is -0.490 e. The maximum Gasteiger partial charge on any atom is 0.300 e. The Morgan fingerprint density at radius 3 is 2.38 bits per heavy atom. The highest BCUT2D eigenvalue weighted by atomic mass is 19.1. The number of rotatable bonds is 6. The first-order valence-corrected chi connectivity index (χ1v) is 9.81. The number of Topliss-reactive ketones (excluding diaryl/α,β-unsaturated/α-hetero) is 1. The predicted octanol–water partition coefficient (Wildman–Crippen LogP) is 3.17. The number of ketones is 1. The van der Waals surface area contributed by atoms with Gasteiger partial charge in [-0.05, 0) is 61.7 Å². The summed E-state index contributed by atoms with van der Waals surface area (Å²) in [5, 5.41) is 0. The topological polar surface area (TPSA) is 59.1 Å². The fourth-order valence-corrected chi connectivity index (χ4v) is 3.89. The predicted molar refractivity (Wildman–Crippen MR) is 106 cm³/mol. The van der Waals surface area contributed by atoms with E-state index in [0.29, 0.717) is 31.2 Å². The van der Waals surface area contributed by atoms with Crippen molar-refractivity contribution in [1.29, 1.82) is 0 Å². The standard InChI is InChI=1S/C22H23FN2O4/c1-3-28-19-9-14-7-8-24(12-15(14)10-20(19)29-4-2)13-25-18-6-5-16(23)11-17(18)21(26)22(25)27/h5-6,9-11H,3-4,7-8,12-13H2,1-2H3. The highest BCUT2D eigenvalue weighted by molar-refractivity contribution is 6.52. The molecule has 0 unspecified atom stereocenters. The molecule has 2 heterocycles. The highest BCUT2D eigenvalue weighted by Gasteiger charge is 2.37. The summed E-state index contributed by atoms with van der Waals surface area (Å²) in [5.74, 6) is -0.330. The molecule has 6 nitrogen and oxygen atoms in total. The molecule has 0 fully saturated rings. The number of amides is 1. The molecule has 0 radical (unpaired) electrons. The molecule has 0 saturated heterocycles. The Balaban J connectivity index is 1.56. The molecular formula is C22H23FN2O4. The van der Waals surface area contributed by atoms with Crippen molar-refractivity contribution in [3.63, 3.8) is 0 Å². The van der Waals surface area contributed by atoms with Gasteiger partial charge in [-0.2, -0.15) is 0 Å². The number of benzene rings is 2. The molecular weight excluding hydrogens is 375 g/mol. The van der Waals surface area contributed by atoms with Gasteiger partial charge in [0.25, 0.3) is 5.78 Å². The largest absolute Gasteiger partial charge is 0.490 e. The van der Waals surface area contributed by atoms with Gasteiger partial charge < -0.3 is 9.47 Å². The molecule has 7 heteroatoms. The second kappa shape index (κ2) is 7.83. The average Bonchev–Trinajstić information content (AvgIpc) is 2.93. The lowest BCUT2D eigenvalue weighted by molar-refractivity contribution is -0.114. The molecule has 0 spiro atoms. The van der Waals surface area contributed by atoms with Gasteiger partial charge in [-0.15, -0.1) is 0 Å². The second-order valence-electron chi connectivity index (χ2n) is 7.10. The van der Waals surface area contributed by atoms with Crippen LogP contribution >= 0.6 is 0 Å². The lowest BCUT2D eigenvalue weighted by Gasteiger charge is -2.32. The summed E-state index contributed by atoms with van der Waals surface area (Å²) in [6, 6.07) is 7.92. The lowest BCUT2D eigenvalue weighted by Crippen LogP contribution is -2.43. The first-order chi connectivity index (χ1) is 14.0. The van der Waals surface area contributed by atoms with E-state index in [1.54, 1.807) is 0 Å². The van der Waals surface area contributed by atoms with Crippen molar-refractivity contribution < 1.29 is 23.5 Å². The first kappa shape index (κ1) is 19.4.